The normalized spacial score (nSPS) is 10.6. The molecule has 2 N–H and O–H groups in total. The number of carbonyl (C=O) groups is 2. The summed E-state index contributed by atoms with van der Waals surface area (Å²) in [6.45, 7) is 3.84. The zero-order valence-corrected chi connectivity index (χ0v) is 17.4. The molecule has 3 aromatic rings. The number of hydrazine groups is 1. The van der Waals surface area contributed by atoms with Crippen LogP contribution < -0.4 is 10.9 Å². The first-order valence-corrected chi connectivity index (χ1v) is 10.4. The summed E-state index contributed by atoms with van der Waals surface area (Å²) in [6.07, 6.45) is 6.38. The van der Waals surface area contributed by atoms with Gasteiger partial charge in [-0.05, 0) is 56.4 Å². The average Bonchev–Trinajstić information content (AvgIpc) is 3.26. The Morgan fingerprint density at radius 1 is 1.00 bits per heavy atom. The molecule has 0 saturated heterocycles. The largest absolute Gasteiger partial charge is 0.323 e. The molecule has 1 aromatic carbocycles. The Hall–Kier alpha value is -3.13. The minimum Gasteiger partial charge on any atom is -0.323 e. The molecule has 150 valence electrons. The maximum atomic E-state index is 12.6. The number of aryl methyl sites for hydroxylation is 2. The van der Waals surface area contributed by atoms with Crippen molar-refractivity contribution >= 4 is 23.6 Å². The van der Waals surface area contributed by atoms with Crippen LogP contribution >= 0.6 is 11.8 Å². The minimum atomic E-state index is -0.373. The molecule has 0 spiro atoms. The molecule has 2 amide bonds. The maximum absolute atomic E-state index is 12.6. The fraction of sp³-hybridized carbons (Fsp3) is 0.238. The smallest absolute Gasteiger partial charge is 0.271 e. The fourth-order valence-electron chi connectivity index (χ4n) is 3.04. The lowest BCUT2D eigenvalue weighted by atomic mass is 10.1. The molecular weight excluding hydrogens is 386 g/mol. The summed E-state index contributed by atoms with van der Waals surface area (Å²) >= 11 is 1.49. The van der Waals surface area contributed by atoms with Crippen LogP contribution in [0.4, 0.5) is 0 Å². The first-order valence-electron chi connectivity index (χ1n) is 9.19. The number of thioether (sulfide) groups is 1. The second-order valence-electron chi connectivity index (χ2n) is 6.47. The molecule has 0 radical (unpaired) electrons. The highest BCUT2D eigenvalue weighted by Crippen LogP contribution is 2.17. The van der Waals surface area contributed by atoms with Crippen molar-refractivity contribution in [2.75, 3.05) is 6.26 Å². The first kappa shape index (κ1) is 20.6. The van der Waals surface area contributed by atoms with Crippen molar-refractivity contribution in [3.05, 3.63) is 71.3 Å². The highest BCUT2D eigenvalue weighted by molar-refractivity contribution is 7.98. The third kappa shape index (κ3) is 5.03. The highest BCUT2D eigenvalue weighted by atomic mass is 32.2. The van der Waals surface area contributed by atoms with Crippen LogP contribution in [0.15, 0.2) is 53.9 Å². The molecule has 2 heterocycles. The number of hydrogen-bond donors (Lipinski definition) is 2. The Bertz CT molecular complexity index is 995. The molecule has 0 bridgehead atoms. The number of nitrogens with zero attached hydrogens (tertiary/aromatic N) is 3. The maximum Gasteiger partial charge on any atom is 0.271 e. The predicted octanol–water partition coefficient (Wildman–Crippen LogP) is 3.00. The van der Waals surface area contributed by atoms with E-state index in [2.05, 4.69) is 20.8 Å². The Morgan fingerprint density at radius 2 is 1.66 bits per heavy atom. The van der Waals surface area contributed by atoms with E-state index in [1.54, 1.807) is 12.1 Å². The number of amides is 2. The van der Waals surface area contributed by atoms with Gasteiger partial charge in [0.1, 0.15) is 0 Å². The van der Waals surface area contributed by atoms with Crippen molar-refractivity contribution in [1.82, 2.24) is 25.4 Å². The van der Waals surface area contributed by atoms with Gasteiger partial charge in [-0.1, -0.05) is 23.9 Å². The quantitative estimate of drug-likeness (QED) is 0.371. The first-order chi connectivity index (χ1) is 14.0. The van der Waals surface area contributed by atoms with Crippen LogP contribution in [-0.2, 0) is 11.2 Å². The van der Waals surface area contributed by atoms with E-state index in [1.807, 2.05) is 61.3 Å². The van der Waals surface area contributed by atoms with E-state index >= 15 is 0 Å². The summed E-state index contributed by atoms with van der Waals surface area (Å²) in [4.78, 5) is 33.6. The van der Waals surface area contributed by atoms with E-state index in [-0.39, 0.29) is 18.2 Å². The predicted molar refractivity (Wildman–Crippen MR) is 113 cm³/mol. The molecular formula is C21H23N5O2S. The lowest BCUT2D eigenvalue weighted by molar-refractivity contribution is -0.121. The van der Waals surface area contributed by atoms with Gasteiger partial charge in [-0.2, -0.15) is 0 Å². The standard InChI is InChI=1S/C21H23N5O2S/c1-14-16(15(2)23-21(22-14)29-3)10-11-19(27)24-25-20(28)17-8-4-5-9-18(17)26-12-6-7-13-26/h4-9,12-13H,10-11H2,1-3H3,(H,24,27)(H,25,28). The Labute approximate surface area is 173 Å². The molecule has 2 aromatic heterocycles. The van der Waals surface area contributed by atoms with E-state index in [1.165, 1.54) is 11.8 Å². The molecule has 0 unspecified atom stereocenters. The van der Waals surface area contributed by atoms with E-state index < -0.39 is 0 Å². The average molecular weight is 410 g/mol. The van der Waals surface area contributed by atoms with Gasteiger partial charge in [0.05, 0.1) is 11.3 Å². The van der Waals surface area contributed by atoms with E-state index in [4.69, 9.17) is 0 Å². The Balaban J connectivity index is 1.59. The second kappa shape index (κ2) is 9.38. The van der Waals surface area contributed by atoms with Gasteiger partial charge in [0.25, 0.3) is 5.91 Å². The number of hydrogen-bond acceptors (Lipinski definition) is 5. The number of rotatable bonds is 6. The van der Waals surface area contributed by atoms with Crippen LogP contribution in [0.1, 0.15) is 33.7 Å². The van der Waals surface area contributed by atoms with E-state index in [0.717, 1.165) is 27.8 Å². The Morgan fingerprint density at radius 3 is 2.31 bits per heavy atom. The van der Waals surface area contributed by atoms with Crippen molar-refractivity contribution in [3.8, 4) is 5.69 Å². The number of aromatic nitrogens is 3. The second-order valence-corrected chi connectivity index (χ2v) is 7.24. The number of carbonyl (C=O) groups excluding carboxylic acids is 2. The molecule has 29 heavy (non-hydrogen) atoms. The lowest BCUT2D eigenvalue weighted by Gasteiger charge is -2.12. The van der Waals surface area contributed by atoms with Crippen molar-refractivity contribution in [3.63, 3.8) is 0 Å². The van der Waals surface area contributed by atoms with Crippen molar-refractivity contribution in [2.45, 2.75) is 31.8 Å². The summed E-state index contributed by atoms with van der Waals surface area (Å²) in [5.74, 6) is -0.646. The third-order valence-electron chi connectivity index (χ3n) is 4.53. The summed E-state index contributed by atoms with van der Waals surface area (Å²) in [5, 5.41) is 0.724. The Kier molecular flexibility index (Phi) is 6.66. The van der Waals surface area contributed by atoms with E-state index in [0.29, 0.717) is 12.0 Å². The van der Waals surface area contributed by atoms with E-state index in [9.17, 15) is 9.59 Å². The molecule has 0 aliphatic heterocycles. The summed E-state index contributed by atoms with van der Waals surface area (Å²) in [6, 6.07) is 11.0. The van der Waals surface area contributed by atoms with Crippen LogP contribution in [0, 0.1) is 13.8 Å². The SMILES string of the molecule is CSc1nc(C)c(CCC(=O)NNC(=O)c2ccccc2-n2cccc2)c(C)n1. The van der Waals surface area contributed by atoms with Crippen LogP contribution in [-0.4, -0.2) is 32.6 Å². The lowest BCUT2D eigenvalue weighted by Crippen LogP contribution is -2.42. The fourth-order valence-corrected chi connectivity index (χ4v) is 3.50. The van der Waals surface area contributed by atoms with Gasteiger partial charge in [-0.15, -0.1) is 0 Å². The van der Waals surface area contributed by atoms with Gasteiger partial charge in [0.15, 0.2) is 5.16 Å². The van der Waals surface area contributed by atoms with Crippen molar-refractivity contribution in [2.24, 2.45) is 0 Å². The van der Waals surface area contributed by atoms with Crippen LogP contribution in [0.3, 0.4) is 0 Å². The molecule has 0 saturated carbocycles. The molecule has 0 aliphatic rings. The minimum absolute atomic E-state index is 0.225. The molecule has 0 atom stereocenters. The van der Waals surface area contributed by atoms with Crippen LogP contribution in [0.5, 0.6) is 0 Å². The molecule has 0 fully saturated rings. The van der Waals surface area contributed by atoms with Crippen molar-refractivity contribution < 1.29 is 9.59 Å². The van der Waals surface area contributed by atoms with Gasteiger partial charge >= 0.3 is 0 Å². The van der Waals surface area contributed by atoms with Crippen LogP contribution in [0.25, 0.3) is 5.69 Å². The monoisotopic (exact) mass is 409 g/mol. The van der Waals surface area contributed by atoms with Gasteiger partial charge in [-0.3, -0.25) is 20.4 Å². The zero-order valence-electron chi connectivity index (χ0n) is 16.6. The summed E-state index contributed by atoms with van der Waals surface area (Å²) in [5.41, 5.74) is 8.91. The molecule has 0 aliphatic carbocycles. The topological polar surface area (TPSA) is 88.9 Å². The van der Waals surface area contributed by atoms with Gasteiger partial charge in [-0.25, -0.2) is 9.97 Å². The summed E-state index contributed by atoms with van der Waals surface area (Å²) in [7, 11) is 0. The summed E-state index contributed by atoms with van der Waals surface area (Å²) < 4.78 is 1.85. The third-order valence-corrected chi connectivity index (χ3v) is 5.08. The van der Waals surface area contributed by atoms with Crippen LogP contribution in [0.2, 0.25) is 0 Å². The molecule has 3 rings (SSSR count). The van der Waals surface area contributed by atoms with Crippen molar-refractivity contribution in [1.29, 1.82) is 0 Å². The zero-order chi connectivity index (χ0) is 20.8. The number of nitrogens with one attached hydrogen (secondary N) is 2. The van der Waals surface area contributed by atoms with Gasteiger partial charge in [0.2, 0.25) is 5.91 Å². The molecule has 7 nitrogen and oxygen atoms in total. The van der Waals surface area contributed by atoms with Gasteiger partial charge in [0, 0.05) is 30.2 Å². The number of benzene rings is 1. The highest BCUT2D eigenvalue weighted by Gasteiger charge is 2.14. The van der Waals surface area contributed by atoms with Gasteiger partial charge < -0.3 is 4.57 Å². The molecule has 8 heteroatoms. The number of para-hydroxylation sites is 1.